The minimum atomic E-state index is 0.0266. The van der Waals surface area contributed by atoms with Crippen molar-refractivity contribution in [3.63, 3.8) is 0 Å². The molecule has 1 aliphatic rings. The largest absolute Gasteiger partial charge is 0.381 e. The van der Waals surface area contributed by atoms with Crippen molar-refractivity contribution < 1.29 is 9.53 Å². The molecule has 1 N–H and O–H groups in total. The molecule has 0 saturated heterocycles. The van der Waals surface area contributed by atoms with Gasteiger partial charge in [0.1, 0.15) is 0 Å². The van der Waals surface area contributed by atoms with Crippen molar-refractivity contribution in [2.24, 2.45) is 5.92 Å². The van der Waals surface area contributed by atoms with Crippen molar-refractivity contribution in [3.05, 3.63) is 28.2 Å². The second-order valence-corrected chi connectivity index (χ2v) is 5.67. The van der Waals surface area contributed by atoms with Crippen LogP contribution in [-0.2, 0) is 9.53 Å². The first kappa shape index (κ1) is 14.6. The Hall–Kier alpha value is -0.770. The summed E-state index contributed by atoms with van der Waals surface area (Å²) in [4.78, 5) is 12.2. The molecular formula is C14H17Cl2NO2. The zero-order valence-corrected chi connectivity index (χ0v) is 12.3. The van der Waals surface area contributed by atoms with Crippen molar-refractivity contribution in [2.45, 2.75) is 31.8 Å². The molecule has 1 fully saturated rings. The lowest BCUT2D eigenvalue weighted by atomic mass is 9.87. The van der Waals surface area contributed by atoms with Crippen LogP contribution < -0.4 is 5.32 Å². The van der Waals surface area contributed by atoms with Gasteiger partial charge in [0.05, 0.1) is 16.8 Å². The standard InChI is InChI=1S/C14H17Cl2NO2/c1-19-11-5-2-9(3-6-11)14(18)17-13-7-4-10(15)8-12(13)16/h4,7-9,11H,2-3,5-6H2,1H3,(H,17,18). The Morgan fingerprint density at radius 1 is 1.26 bits per heavy atom. The molecule has 1 aromatic carbocycles. The minimum absolute atomic E-state index is 0.0266. The first-order valence-electron chi connectivity index (χ1n) is 6.39. The van der Waals surface area contributed by atoms with Crippen molar-refractivity contribution in [1.82, 2.24) is 0 Å². The molecule has 0 heterocycles. The van der Waals surface area contributed by atoms with Gasteiger partial charge < -0.3 is 10.1 Å². The summed E-state index contributed by atoms with van der Waals surface area (Å²) in [5, 5.41) is 3.89. The van der Waals surface area contributed by atoms with Gasteiger partial charge in [-0.25, -0.2) is 0 Å². The Balaban J connectivity index is 1.94. The summed E-state index contributed by atoms with van der Waals surface area (Å²) in [5.74, 6) is 0.0666. The van der Waals surface area contributed by atoms with E-state index in [0.717, 1.165) is 25.7 Å². The maximum atomic E-state index is 12.2. The Morgan fingerprint density at radius 3 is 2.53 bits per heavy atom. The molecule has 0 radical (unpaired) electrons. The van der Waals surface area contributed by atoms with E-state index >= 15 is 0 Å². The van der Waals surface area contributed by atoms with Gasteiger partial charge in [-0.1, -0.05) is 23.2 Å². The lowest BCUT2D eigenvalue weighted by Gasteiger charge is -2.26. The summed E-state index contributed by atoms with van der Waals surface area (Å²) in [5.41, 5.74) is 0.616. The van der Waals surface area contributed by atoms with Gasteiger partial charge in [0.15, 0.2) is 0 Å². The van der Waals surface area contributed by atoms with E-state index in [9.17, 15) is 4.79 Å². The smallest absolute Gasteiger partial charge is 0.227 e. The van der Waals surface area contributed by atoms with Crippen LogP contribution in [0.4, 0.5) is 5.69 Å². The number of ether oxygens (including phenoxy) is 1. The number of amides is 1. The fraction of sp³-hybridized carbons (Fsp3) is 0.500. The number of anilines is 1. The third-order valence-electron chi connectivity index (χ3n) is 3.57. The number of carbonyl (C=O) groups is 1. The SMILES string of the molecule is COC1CCC(C(=O)Nc2ccc(Cl)cc2Cl)CC1. The molecule has 0 spiro atoms. The van der Waals surface area contributed by atoms with E-state index in [0.29, 0.717) is 21.8 Å². The molecule has 0 aliphatic heterocycles. The zero-order chi connectivity index (χ0) is 13.8. The molecule has 1 saturated carbocycles. The van der Waals surface area contributed by atoms with E-state index < -0.39 is 0 Å². The van der Waals surface area contributed by atoms with Crippen molar-refractivity contribution in [1.29, 1.82) is 0 Å². The molecule has 0 atom stereocenters. The third kappa shape index (κ3) is 3.85. The highest BCUT2D eigenvalue weighted by Gasteiger charge is 2.26. The van der Waals surface area contributed by atoms with Crippen LogP contribution in [0.5, 0.6) is 0 Å². The fourth-order valence-electron chi connectivity index (χ4n) is 2.39. The number of nitrogens with one attached hydrogen (secondary N) is 1. The molecule has 5 heteroatoms. The van der Waals surface area contributed by atoms with Crippen LogP contribution in [0, 0.1) is 5.92 Å². The topological polar surface area (TPSA) is 38.3 Å². The van der Waals surface area contributed by atoms with Gasteiger partial charge in [0.2, 0.25) is 5.91 Å². The first-order valence-corrected chi connectivity index (χ1v) is 7.14. The van der Waals surface area contributed by atoms with Crippen LogP contribution in [0.1, 0.15) is 25.7 Å². The van der Waals surface area contributed by atoms with Gasteiger partial charge in [0.25, 0.3) is 0 Å². The van der Waals surface area contributed by atoms with Gasteiger partial charge in [-0.05, 0) is 43.9 Å². The van der Waals surface area contributed by atoms with E-state index in [1.165, 1.54) is 0 Å². The summed E-state index contributed by atoms with van der Waals surface area (Å²) < 4.78 is 5.30. The van der Waals surface area contributed by atoms with Crippen molar-refractivity contribution in [2.75, 3.05) is 12.4 Å². The van der Waals surface area contributed by atoms with E-state index in [1.54, 1.807) is 25.3 Å². The molecule has 1 aromatic rings. The summed E-state index contributed by atoms with van der Waals surface area (Å²) in [7, 11) is 1.72. The number of hydrogen-bond acceptors (Lipinski definition) is 2. The highest BCUT2D eigenvalue weighted by atomic mass is 35.5. The van der Waals surface area contributed by atoms with Gasteiger partial charge in [-0.2, -0.15) is 0 Å². The number of methoxy groups -OCH3 is 1. The number of carbonyl (C=O) groups excluding carboxylic acids is 1. The van der Waals surface area contributed by atoms with E-state index in [2.05, 4.69) is 5.32 Å². The fourth-order valence-corrected chi connectivity index (χ4v) is 2.84. The highest BCUT2D eigenvalue weighted by Crippen LogP contribution is 2.29. The maximum absolute atomic E-state index is 12.2. The average Bonchev–Trinajstić information content (AvgIpc) is 2.42. The molecule has 1 amide bonds. The van der Waals surface area contributed by atoms with Crippen LogP contribution in [0.2, 0.25) is 10.0 Å². The second-order valence-electron chi connectivity index (χ2n) is 4.82. The van der Waals surface area contributed by atoms with Crippen molar-refractivity contribution >= 4 is 34.8 Å². The molecule has 2 rings (SSSR count). The number of rotatable bonds is 3. The van der Waals surface area contributed by atoms with Gasteiger partial charge >= 0.3 is 0 Å². The van der Waals surface area contributed by atoms with Crippen LogP contribution in [0.3, 0.4) is 0 Å². The van der Waals surface area contributed by atoms with Crippen LogP contribution in [0.25, 0.3) is 0 Å². The Kier molecular flexibility index (Phi) is 5.08. The van der Waals surface area contributed by atoms with E-state index in [-0.39, 0.29) is 11.8 Å². The molecule has 19 heavy (non-hydrogen) atoms. The highest BCUT2D eigenvalue weighted by molar-refractivity contribution is 6.36. The number of benzene rings is 1. The number of halogens is 2. The lowest BCUT2D eigenvalue weighted by molar-refractivity contribution is -0.121. The van der Waals surface area contributed by atoms with Crippen LogP contribution >= 0.6 is 23.2 Å². The van der Waals surface area contributed by atoms with Crippen molar-refractivity contribution in [3.8, 4) is 0 Å². The third-order valence-corrected chi connectivity index (χ3v) is 4.12. The van der Waals surface area contributed by atoms with E-state index in [4.69, 9.17) is 27.9 Å². The second kappa shape index (κ2) is 6.60. The van der Waals surface area contributed by atoms with Crippen LogP contribution in [0.15, 0.2) is 18.2 Å². The summed E-state index contributed by atoms with van der Waals surface area (Å²) in [6, 6.07) is 5.06. The molecule has 1 aliphatic carbocycles. The predicted octanol–water partition coefficient (Wildman–Crippen LogP) is 4.14. The average molecular weight is 302 g/mol. The molecular weight excluding hydrogens is 285 g/mol. The lowest BCUT2D eigenvalue weighted by Crippen LogP contribution is -2.29. The summed E-state index contributed by atoms with van der Waals surface area (Å²) in [6.07, 6.45) is 3.87. The van der Waals surface area contributed by atoms with Gasteiger partial charge in [0, 0.05) is 18.1 Å². The Bertz CT molecular complexity index is 457. The predicted molar refractivity (Wildman–Crippen MR) is 77.8 cm³/mol. The maximum Gasteiger partial charge on any atom is 0.227 e. The Labute approximate surface area is 123 Å². The molecule has 0 aromatic heterocycles. The molecule has 3 nitrogen and oxygen atoms in total. The normalized spacial score (nSPS) is 23.1. The monoisotopic (exact) mass is 301 g/mol. The molecule has 0 unspecified atom stereocenters. The van der Waals surface area contributed by atoms with Gasteiger partial charge in [-0.15, -0.1) is 0 Å². The number of hydrogen-bond donors (Lipinski definition) is 1. The van der Waals surface area contributed by atoms with E-state index in [1.807, 2.05) is 0 Å². The quantitative estimate of drug-likeness (QED) is 0.911. The summed E-state index contributed by atoms with van der Waals surface area (Å²) in [6.45, 7) is 0. The zero-order valence-electron chi connectivity index (χ0n) is 10.8. The summed E-state index contributed by atoms with van der Waals surface area (Å²) >= 11 is 11.9. The first-order chi connectivity index (χ1) is 9.10. The molecule has 0 bridgehead atoms. The van der Waals surface area contributed by atoms with Gasteiger partial charge in [-0.3, -0.25) is 4.79 Å². The minimum Gasteiger partial charge on any atom is -0.381 e. The Morgan fingerprint density at radius 2 is 1.95 bits per heavy atom. The van der Waals surface area contributed by atoms with Crippen LogP contribution in [-0.4, -0.2) is 19.1 Å². The molecule has 104 valence electrons.